The summed E-state index contributed by atoms with van der Waals surface area (Å²) in [7, 11) is 6.45. The minimum atomic E-state index is -1.17. The van der Waals surface area contributed by atoms with Gasteiger partial charge in [-0.25, -0.2) is 0 Å². The number of nitrogens with one attached hydrogen (secondary N) is 4. The molecule has 1 saturated heterocycles. The molecule has 20 heteroatoms. The number of benzene rings is 2. The predicted octanol–water partition coefficient (Wildman–Crippen LogP) is 2.66. The first-order valence-electron chi connectivity index (χ1n) is 27.1. The van der Waals surface area contributed by atoms with Gasteiger partial charge in [0, 0.05) is 102 Å². The number of rotatable bonds is 10. The van der Waals surface area contributed by atoms with E-state index in [0.717, 1.165) is 11.1 Å². The zero-order valence-corrected chi connectivity index (χ0v) is 44.2. The zero-order valence-electron chi connectivity index (χ0n) is 44.2. The van der Waals surface area contributed by atoms with Gasteiger partial charge in [-0.2, -0.15) is 0 Å². The number of likely N-dealkylation sites (N-methyl/N-ethyl adjacent to an activating group) is 4. The van der Waals surface area contributed by atoms with Crippen molar-refractivity contribution < 1.29 is 58.2 Å². The fourth-order valence-electron chi connectivity index (χ4n) is 12.2. The Labute approximate surface area is 444 Å². The first-order valence-corrected chi connectivity index (χ1v) is 27.1. The average molecular weight is 1050 g/mol. The van der Waals surface area contributed by atoms with Gasteiger partial charge in [0.1, 0.15) is 24.2 Å². The Bertz CT molecular complexity index is 2290. The van der Waals surface area contributed by atoms with Gasteiger partial charge in [-0.3, -0.25) is 47.9 Å². The Hall–Kier alpha value is -6.86. The number of amides is 8. The lowest BCUT2D eigenvalue weighted by Gasteiger charge is -2.31. The Morgan fingerprint density at radius 3 is 0.921 bits per heavy atom. The molecule has 0 unspecified atom stereocenters. The van der Waals surface area contributed by atoms with E-state index in [9.17, 15) is 58.2 Å². The molecule has 8 bridgehead atoms. The molecule has 76 heavy (non-hydrogen) atoms. The van der Waals surface area contributed by atoms with E-state index in [2.05, 4.69) is 21.3 Å². The highest BCUT2D eigenvalue weighted by atomic mass is 16.4. The zero-order chi connectivity index (χ0) is 54.8. The van der Waals surface area contributed by atoms with Crippen molar-refractivity contribution in [3.63, 3.8) is 0 Å². The molecule has 2 aromatic carbocycles. The lowest BCUT2D eigenvalue weighted by atomic mass is 10.0. The molecule has 12 atom stereocenters. The van der Waals surface area contributed by atoms with Crippen molar-refractivity contribution in [1.29, 1.82) is 0 Å². The summed E-state index contributed by atoms with van der Waals surface area (Å²) < 4.78 is 0. The van der Waals surface area contributed by atoms with Gasteiger partial charge in [0.2, 0.25) is 47.3 Å². The van der Waals surface area contributed by atoms with Crippen molar-refractivity contribution in [2.24, 2.45) is 23.7 Å². The molecule has 8 amide bonds. The first-order chi connectivity index (χ1) is 36.3. The van der Waals surface area contributed by atoms with Crippen LogP contribution in [0.1, 0.15) is 114 Å². The second-order valence-electron chi connectivity index (χ2n) is 21.9. The van der Waals surface area contributed by atoms with Crippen LogP contribution in [-0.2, 0) is 60.8 Å². The topological polar surface area (TPSA) is 272 Å². The molecule has 5 aliphatic rings. The van der Waals surface area contributed by atoms with Crippen LogP contribution in [0.3, 0.4) is 0 Å². The lowest BCUT2D eigenvalue weighted by Crippen LogP contribution is -2.53. The van der Waals surface area contributed by atoms with Gasteiger partial charge >= 0.3 is 11.9 Å². The number of carbonyl (C=O) groups excluding carboxylic acids is 8. The van der Waals surface area contributed by atoms with E-state index in [4.69, 9.17) is 0 Å². The van der Waals surface area contributed by atoms with Crippen molar-refractivity contribution >= 4 is 59.2 Å². The molecule has 0 radical (unpaired) electrons. The largest absolute Gasteiger partial charge is 0.481 e. The third-order valence-corrected chi connectivity index (χ3v) is 17.0. The van der Waals surface area contributed by atoms with Crippen LogP contribution in [0, 0.1) is 23.7 Å². The highest BCUT2D eigenvalue weighted by Crippen LogP contribution is 2.35. The number of fused-ring (bicyclic) bond motifs is 8. The third-order valence-electron chi connectivity index (χ3n) is 17.0. The Morgan fingerprint density at radius 2 is 0.658 bits per heavy atom. The van der Waals surface area contributed by atoms with Crippen LogP contribution in [-0.4, -0.2) is 166 Å². The molecule has 4 aliphatic carbocycles. The van der Waals surface area contributed by atoms with Crippen molar-refractivity contribution in [3.05, 3.63) is 71.8 Å². The third kappa shape index (κ3) is 14.3. The molecule has 4 saturated carbocycles. The van der Waals surface area contributed by atoms with Gasteiger partial charge in [-0.05, 0) is 101 Å². The highest BCUT2D eigenvalue weighted by Gasteiger charge is 2.43. The molecule has 7 rings (SSSR count). The summed E-state index contributed by atoms with van der Waals surface area (Å²) in [6.45, 7) is 0. The Morgan fingerprint density at radius 1 is 0.408 bits per heavy atom. The molecule has 6 N–H and O–H groups in total. The smallest absolute Gasteiger partial charge is 0.303 e. The van der Waals surface area contributed by atoms with Gasteiger partial charge in [-0.15, -0.1) is 0 Å². The molecule has 412 valence electrons. The summed E-state index contributed by atoms with van der Waals surface area (Å²) in [4.78, 5) is 144. The highest BCUT2D eigenvalue weighted by molar-refractivity contribution is 5.93. The predicted molar refractivity (Wildman–Crippen MR) is 277 cm³/mol. The van der Waals surface area contributed by atoms with Crippen molar-refractivity contribution in [2.45, 2.75) is 164 Å². The number of carbonyl (C=O) groups is 10. The van der Waals surface area contributed by atoms with Crippen LogP contribution in [0.25, 0.3) is 0 Å². The fourth-order valence-corrected chi connectivity index (χ4v) is 12.2. The van der Waals surface area contributed by atoms with Crippen LogP contribution in [0.4, 0.5) is 0 Å². The number of hydrogen-bond acceptors (Lipinski definition) is 10. The molecule has 1 heterocycles. The minimum absolute atomic E-state index is 0.166. The molecular formula is C56H76N8O12. The van der Waals surface area contributed by atoms with Gasteiger partial charge in [0.05, 0.1) is 0 Å². The molecule has 1 aliphatic heterocycles. The van der Waals surface area contributed by atoms with Crippen LogP contribution in [0.5, 0.6) is 0 Å². The van der Waals surface area contributed by atoms with Crippen LogP contribution < -0.4 is 21.3 Å². The average Bonchev–Trinajstić information content (AvgIpc) is 4.27. The molecule has 2 aromatic rings. The summed E-state index contributed by atoms with van der Waals surface area (Å²) in [6, 6.07) is 12.6. The van der Waals surface area contributed by atoms with Gasteiger partial charge in [0.25, 0.3) is 0 Å². The van der Waals surface area contributed by atoms with Crippen LogP contribution >= 0.6 is 0 Å². The van der Waals surface area contributed by atoms with E-state index in [1.54, 1.807) is 38.0 Å². The molecular weight excluding hydrogens is 977 g/mol. The molecule has 0 spiro atoms. The number of hydrogen-bond donors (Lipinski definition) is 6. The second-order valence-corrected chi connectivity index (χ2v) is 21.9. The van der Waals surface area contributed by atoms with E-state index < -0.39 is 108 Å². The van der Waals surface area contributed by atoms with E-state index in [-0.39, 0.29) is 87.8 Å². The SMILES string of the molecule is CN1C(=O)[C@H](Cc2ccccc2)NC(=O)[C@@H]2CC[C@@H](C2)N(C)C(=O)[C@@H](CCC(=O)O)NC(=O)[C@@H]2CC[C@@H](C2)N(C)C(=O)[C@@H](Cc2ccccc2)NC(=O)[C@@H]2CC[C@@H](C2)N(C)C(=O)[C@@H](CCC(=O)O)NC(=O)[C@@H]2CC[C@H]1C2. The maximum Gasteiger partial charge on any atom is 0.303 e. The molecule has 20 nitrogen and oxygen atoms in total. The number of nitrogens with zero attached hydrogens (tertiary/aromatic N) is 4. The second kappa shape index (κ2) is 25.8. The van der Waals surface area contributed by atoms with E-state index in [0.29, 0.717) is 51.4 Å². The van der Waals surface area contributed by atoms with Gasteiger partial charge in [-0.1, -0.05) is 60.7 Å². The maximum atomic E-state index is 14.5. The summed E-state index contributed by atoms with van der Waals surface area (Å²) in [6.07, 6.45) is 3.70. The summed E-state index contributed by atoms with van der Waals surface area (Å²) in [5.41, 5.74) is 1.62. The standard InChI is InChI=1S/C56H76N8O12/c1-61-39-19-17-37(31-39)51(71)59-45(27-33-11-7-5-8-12-33)55(75)64(4)42-22-16-36(30-42)50(70)58-44(24-26-48(67)68)54(74)62(2)40-20-18-38(32-40)52(72)60-46(28-34-13-9-6-10-14-34)56(76)63(3)41-21-15-35(29-41)49(69)57-43(53(61)73)23-25-47(65)66/h5-14,35-46H,15-32H2,1-4H3,(H,57,69)(H,58,70)(H,59,71)(H,60,72)(H,65,66)(H,67,68)/t35-,36-,37-,38-,39+,40+,41+,42+,43-,44-,45-,46+/m1/s1. The first kappa shape index (κ1) is 56.9. The molecule has 0 aromatic heterocycles. The van der Waals surface area contributed by atoms with Crippen LogP contribution in [0.2, 0.25) is 0 Å². The summed E-state index contributed by atoms with van der Waals surface area (Å²) in [5, 5.41) is 31.0. The minimum Gasteiger partial charge on any atom is -0.481 e. The molecule has 5 fully saturated rings. The van der Waals surface area contributed by atoms with E-state index in [1.165, 1.54) is 9.80 Å². The van der Waals surface area contributed by atoms with Gasteiger partial charge in [0.15, 0.2) is 0 Å². The van der Waals surface area contributed by atoms with Crippen molar-refractivity contribution in [1.82, 2.24) is 40.9 Å². The van der Waals surface area contributed by atoms with E-state index in [1.807, 2.05) is 60.7 Å². The quantitative estimate of drug-likeness (QED) is 0.201. The Kier molecular flexibility index (Phi) is 19.3. The number of carboxylic acid groups (broad SMARTS) is 2. The van der Waals surface area contributed by atoms with E-state index >= 15 is 0 Å². The summed E-state index contributed by atoms with van der Waals surface area (Å²) in [5.74, 6) is -7.91. The number of carboxylic acids is 2. The summed E-state index contributed by atoms with van der Waals surface area (Å²) >= 11 is 0. The van der Waals surface area contributed by atoms with Crippen LogP contribution in [0.15, 0.2) is 60.7 Å². The number of aliphatic carboxylic acids is 2. The maximum absolute atomic E-state index is 14.5. The van der Waals surface area contributed by atoms with Crippen molar-refractivity contribution in [2.75, 3.05) is 28.2 Å². The fraction of sp³-hybridized carbons (Fsp3) is 0.607. The lowest BCUT2D eigenvalue weighted by molar-refractivity contribution is -0.141. The monoisotopic (exact) mass is 1050 g/mol. The normalized spacial score (nSPS) is 30.8. The van der Waals surface area contributed by atoms with Gasteiger partial charge < -0.3 is 51.1 Å². The Balaban J connectivity index is 1.14. The van der Waals surface area contributed by atoms with Crippen molar-refractivity contribution in [3.8, 4) is 0 Å².